The van der Waals surface area contributed by atoms with Gasteiger partial charge in [0.25, 0.3) is 0 Å². The van der Waals surface area contributed by atoms with Crippen LogP contribution in [-0.2, 0) is 4.79 Å². The van der Waals surface area contributed by atoms with E-state index in [9.17, 15) is 4.79 Å². The summed E-state index contributed by atoms with van der Waals surface area (Å²) in [6.07, 6.45) is 0. The first kappa shape index (κ1) is 14.4. The van der Waals surface area contributed by atoms with Crippen LogP contribution in [0.25, 0.3) is 0 Å². The Morgan fingerprint density at radius 2 is 1.95 bits per heavy atom. The fourth-order valence-corrected chi connectivity index (χ4v) is 2.70. The SMILES string of the molecule is O=C(CBr)Nc1cc(Cl)ccc1Sc1ccccc1. The minimum absolute atomic E-state index is 0.0998. The van der Waals surface area contributed by atoms with Crippen LogP contribution in [0.5, 0.6) is 0 Å². The zero-order valence-electron chi connectivity index (χ0n) is 9.90. The van der Waals surface area contributed by atoms with Crippen LogP contribution in [0.3, 0.4) is 0 Å². The molecule has 0 radical (unpaired) electrons. The number of carbonyl (C=O) groups is 1. The summed E-state index contributed by atoms with van der Waals surface area (Å²) < 4.78 is 0. The molecule has 2 rings (SSSR count). The van der Waals surface area contributed by atoms with Gasteiger partial charge < -0.3 is 5.32 Å². The molecule has 0 fully saturated rings. The molecule has 0 aromatic heterocycles. The zero-order valence-corrected chi connectivity index (χ0v) is 13.1. The Labute approximate surface area is 129 Å². The van der Waals surface area contributed by atoms with E-state index in [0.717, 1.165) is 15.5 Å². The molecule has 0 spiro atoms. The number of anilines is 1. The lowest BCUT2D eigenvalue weighted by atomic mass is 10.3. The van der Waals surface area contributed by atoms with Crippen molar-refractivity contribution in [2.75, 3.05) is 10.6 Å². The second-order valence-electron chi connectivity index (χ2n) is 3.74. The summed E-state index contributed by atoms with van der Waals surface area (Å²) in [5.74, 6) is -0.0998. The van der Waals surface area contributed by atoms with Gasteiger partial charge in [0.1, 0.15) is 0 Å². The number of halogens is 2. The normalized spacial score (nSPS) is 10.2. The molecule has 2 nitrogen and oxygen atoms in total. The molecule has 0 bridgehead atoms. The van der Waals surface area contributed by atoms with E-state index in [1.165, 1.54) is 0 Å². The Morgan fingerprint density at radius 1 is 1.21 bits per heavy atom. The molecule has 0 saturated heterocycles. The summed E-state index contributed by atoms with van der Waals surface area (Å²) in [5.41, 5.74) is 0.728. The molecule has 0 atom stereocenters. The van der Waals surface area contributed by atoms with Crippen LogP contribution in [0.15, 0.2) is 58.3 Å². The summed E-state index contributed by atoms with van der Waals surface area (Å²) >= 11 is 10.7. The van der Waals surface area contributed by atoms with Crippen molar-refractivity contribution < 1.29 is 4.79 Å². The van der Waals surface area contributed by atoms with Gasteiger partial charge in [0.2, 0.25) is 5.91 Å². The topological polar surface area (TPSA) is 29.1 Å². The van der Waals surface area contributed by atoms with Crippen LogP contribution in [0.1, 0.15) is 0 Å². The van der Waals surface area contributed by atoms with Crippen LogP contribution >= 0.6 is 39.3 Å². The number of benzene rings is 2. The average Bonchev–Trinajstić information content (AvgIpc) is 2.43. The second-order valence-corrected chi connectivity index (χ2v) is 5.85. The van der Waals surface area contributed by atoms with Crippen LogP contribution in [0, 0.1) is 0 Å². The third-order valence-corrected chi connectivity index (χ3v) is 4.14. The van der Waals surface area contributed by atoms with Crippen molar-refractivity contribution in [3.63, 3.8) is 0 Å². The first-order valence-corrected chi connectivity index (χ1v) is 7.89. The highest BCUT2D eigenvalue weighted by atomic mass is 79.9. The second kappa shape index (κ2) is 6.98. The molecule has 0 aliphatic heterocycles. The van der Waals surface area contributed by atoms with E-state index in [-0.39, 0.29) is 11.2 Å². The van der Waals surface area contributed by atoms with Gasteiger partial charge in [-0.25, -0.2) is 0 Å². The van der Waals surface area contributed by atoms with E-state index in [1.807, 2.05) is 42.5 Å². The minimum atomic E-state index is -0.0998. The number of amides is 1. The molecular formula is C14H11BrClNOS. The van der Waals surface area contributed by atoms with E-state index in [1.54, 1.807) is 17.8 Å². The Kier molecular flexibility index (Phi) is 5.31. The number of carbonyl (C=O) groups excluding carboxylic acids is 1. The molecule has 0 aliphatic carbocycles. The Bertz CT molecular complexity index is 577. The van der Waals surface area contributed by atoms with Gasteiger partial charge in [-0.05, 0) is 30.3 Å². The molecule has 0 unspecified atom stereocenters. The lowest BCUT2D eigenvalue weighted by Crippen LogP contribution is -2.12. The van der Waals surface area contributed by atoms with Crippen LogP contribution in [0.2, 0.25) is 5.02 Å². The van der Waals surface area contributed by atoms with Crippen molar-refractivity contribution in [3.05, 3.63) is 53.6 Å². The van der Waals surface area contributed by atoms with Crippen molar-refractivity contribution in [2.45, 2.75) is 9.79 Å². The van der Waals surface area contributed by atoms with Crippen LogP contribution < -0.4 is 5.32 Å². The van der Waals surface area contributed by atoms with Crippen molar-refractivity contribution in [1.29, 1.82) is 0 Å². The number of nitrogens with one attached hydrogen (secondary N) is 1. The molecule has 2 aromatic carbocycles. The molecule has 2 aromatic rings. The van der Waals surface area contributed by atoms with Gasteiger partial charge in [-0.2, -0.15) is 0 Å². The molecule has 1 amide bonds. The van der Waals surface area contributed by atoms with Gasteiger partial charge in [-0.3, -0.25) is 4.79 Å². The van der Waals surface area contributed by atoms with Gasteiger partial charge >= 0.3 is 0 Å². The molecule has 19 heavy (non-hydrogen) atoms. The Morgan fingerprint density at radius 3 is 2.63 bits per heavy atom. The lowest BCUT2D eigenvalue weighted by molar-refractivity contribution is -0.113. The summed E-state index contributed by atoms with van der Waals surface area (Å²) in [6.45, 7) is 0. The van der Waals surface area contributed by atoms with E-state index in [4.69, 9.17) is 11.6 Å². The predicted molar refractivity (Wildman–Crippen MR) is 84.4 cm³/mol. The number of rotatable bonds is 4. The first-order valence-electron chi connectivity index (χ1n) is 5.57. The maximum Gasteiger partial charge on any atom is 0.235 e. The standard InChI is InChI=1S/C14H11BrClNOS/c15-9-14(18)17-12-8-10(16)6-7-13(12)19-11-4-2-1-3-5-11/h1-8H,9H2,(H,17,18). The highest BCUT2D eigenvalue weighted by Gasteiger charge is 2.08. The largest absolute Gasteiger partial charge is 0.324 e. The van der Waals surface area contributed by atoms with Gasteiger partial charge in [-0.15, -0.1) is 0 Å². The molecule has 1 N–H and O–H groups in total. The summed E-state index contributed by atoms with van der Waals surface area (Å²) in [6, 6.07) is 15.5. The fourth-order valence-electron chi connectivity index (χ4n) is 1.49. The van der Waals surface area contributed by atoms with E-state index in [0.29, 0.717) is 5.02 Å². The molecule has 0 saturated carbocycles. The molecule has 0 heterocycles. The maximum absolute atomic E-state index is 11.5. The summed E-state index contributed by atoms with van der Waals surface area (Å²) in [7, 11) is 0. The summed E-state index contributed by atoms with van der Waals surface area (Å²) in [5, 5.41) is 3.69. The van der Waals surface area contributed by atoms with Crippen molar-refractivity contribution in [2.24, 2.45) is 0 Å². The van der Waals surface area contributed by atoms with Gasteiger partial charge in [-0.1, -0.05) is 57.5 Å². The number of hydrogen-bond donors (Lipinski definition) is 1. The summed E-state index contributed by atoms with van der Waals surface area (Å²) in [4.78, 5) is 13.6. The molecule has 98 valence electrons. The van der Waals surface area contributed by atoms with Gasteiger partial charge in [0, 0.05) is 14.8 Å². The van der Waals surface area contributed by atoms with Crippen molar-refractivity contribution in [3.8, 4) is 0 Å². The van der Waals surface area contributed by atoms with Crippen molar-refractivity contribution >= 4 is 50.9 Å². The highest BCUT2D eigenvalue weighted by molar-refractivity contribution is 9.09. The zero-order chi connectivity index (χ0) is 13.7. The Hall–Kier alpha value is -0.970. The number of alkyl halides is 1. The van der Waals surface area contributed by atoms with Crippen LogP contribution in [-0.4, -0.2) is 11.2 Å². The fraction of sp³-hybridized carbons (Fsp3) is 0.0714. The maximum atomic E-state index is 11.5. The molecular weight excluding hydrogens is 346 g/mol. The van der Waals surface area contributed by atoms with E-state index in [2.05, 4.69) is 21.2 Å². The predicted octanol–water partition coefficient (Wildman–Crippen LogP) is 4.82. The quantitative estimate of drug-likeness (QED) is 0.795. The van der Waals surface area contributed by atoms with E-state index >= 15 is 0 Å². The number of hydrogen-bond acceptors (Lipinski definition) is 2. The highest BCUT2D eigenvalue weighted by Crippen LogP contribution is 2.35. The molecule has 0 aliphatic rings. The van der Waals surface area contributed by atoms with Crippen molar-refractivity contribution in [1.82, 2.24) is 0 Å². The first-order chi connectivity index (χ1) is 9.19. The third kappa shape index (κ3) is 4.27. The third-order valence-electron chi connectivity index (χ3n) is 2.31. The lowest BCUT2D eigenvalue weighted by Gasteiger charge is -2.10. The van der Waals surface area contributed by atoms with E-state index < -0.39 is 0 Å². The monoisotopic (exact) mass is 355 g/mol. The molecule has 5 heteroatoms. The average molecular weight is 357 g/mol. The minimum Gasteiger partial charge on any atom is -0.324 e. The van der Waals surface area contributed by atoms with Crippen LogP contribution in [0.4, 0.5) is 5.69 Å². The van der Waals surface area contributed by atoms with Gasteiger partial charge in [0.15, 0.2) is 0 Å². The van der Waals surface area contributed by atoms with Gasteiger partial charge in [0.05, 0.1) is 11.0 Å². The smallest absolute Gasteiger partial charge is 0.235 e. The Balaban J connectivity index is 2.26.